The highest BCUT2D eigenvalue weighted by Crippen LogP contribution is 2.24. The molecule has 4 aromatic carbocycles. The standard InChI is InChI=1S/C27H19IN2O/c1-18-9-11-19(12-10-18)13-16-26-29-24-15-14-21(28)17-23(24)27(31)30(26)25-8-4-6-20-5-2-3-7-22(20)25/h2-17H,1H3. The van der Waals surface area contributed by atoms with Crippen molar-refractivity contribution in [2.75, 3.05) is 0 Å². The minimum atomic E-state index is -0.0663. The highest BCUT2D eigenvalue weighted by atomic mass is 127. The zero-order chi connectivity index (χ0) is 21.4. The fourth-order valence-electron chi connectivity index (χ4n) is 3.77. The second-order valence-electron chi connectivity index (χ2n) is 7.51. The smallest absolute Gasteiger partial charge is 0.266 e. The van der Waals surface area contributed by atoms with Crippen LogP contribution in [0.2, 0.25) is 0 Å². The van der Waals surface area contributed by atoms with E-state index in [1.54, 1.807) is 4.57 Å². The molecule has 0 saturated carbocycles. The molecule has 0 atom stereocenters. The van der Waals surface area contributed by atoms with Crippen molar-refractivity contribution in [2.45, 2.75) is 6.92 Å². The minimum Gasteiger partial charge on any atom is -0.268 e. The molecule has 0 spiro atoms. The molecule has 5 aromatic rings. The molecule has 3 nitrogen and oxygen atoms in total. The lowest BCUT2D eigenvalue weighted by Crippen LogP contribution is -2.22. The highest BCUT2D eigenvalue weighted by molar-refractivity contribution is 14.1. The third-order valence-electron chi connectivity index (χ3n) is 5.37. The van der Waals surface area contributed by atoms with Gasteiger partial charge in [0.05, 0.1) is 16.6 Å². The van der Waals surface area contributed by atoms with Gasteiger partial charge in [0.1, 0.15) is 5.82 Å². The largest absolute Gasteiger partial charge is 0.268 e. The summed E-state index contributed by atoms with van der Waals surface area (Å²) in [5.41, 5.74) is 3.74. The predicted molar refractivity (Wildman–Crippen MR) is 138 cm³/mol. The Morgan fingerprint density at radius 2 is 1.61 bits per heavy atom. The van der Waals surface area contributed by atoms with Crippen LogP contribution in [0.3, 0.4) is 0 Å². The quantitative estimate of drug-likeness (QED) is 0.254. The SMILES string of the molecule is Cc1ccc(C=Cc2nc3ccc(I)cc3c(=O)n2-c2cccc3ccccc23)cc1. The van der Waals surface area contributed by atoms with E-state index in [2.05, 4.69) is 65.9 Å². The Balaban J connectivity index is 1.80. The van der Waals surface area contributed by atoms with Crippen molar-refractivity contribution >= 4 is 56.4 Å². The molecular weight excluding hydrogens is 495 g/mol. The highest BCUT2D eigenvalue weighted by Gasteiger charge is 2.13. The fraction of sp³-hybridized carbons (Fsp3) is 0.0370. The topological polar surface area (TPSA) is 34.9 Å². The van der Waals surface area contributed by atoms with E-state index in [0.29, 0.717) is 16.7 Å². The van der Waals surface area contributed by atoms with Crippen LogP contribution in [0.1, 0.15) is 17.0 Å². The van der Waals surface area contributed by atoms with Gasteiger partial charge in [0.25, 0.3) is 5.56 Å². The van der Waals surface area contributed by atoms with Gasteiger partial charge in [-0.2, -0.15) is 0 Å². The van der Waals surface area contributed by atoms with Gasteiger partial charge in [0, 0.05) is 8.96 Å². The van der Waals surface area contributed by atoms with E-state index < -0.39 is 0 Å². The lowest BCUT2D eigenvalue weighted by atomic mass is 10.1. The molecule has 150 valence electrons. The van der Waals surface area contributed by atoms with Crippen LogP contribution in [0.4, 0.5) is 0 Å². The Bertz CT molecular complexity index is 1510. The van der Waals surface area contributed by atoms with Gasteiger partial charge < -0.3 is 0 Å². The molecule has 31 heavy (non-hydrogen) atoms. The van der Waals surface area contributed by atoms with Gasteiger partial charge in [-0.25, -0.2) is 4.98 Å². The molecular formula is C27H19IN2O. The summed E-state index contributed by atoms with van der Waals surface area (Å²) in [7, 11) is 0. The Morgan fingerprint density at radius 3 is 2.45 bits per heavy atom. The monoisotopic (exact) mass is 514 g/mol. The maximum Gasteiger partial charge on any atom is 0.266 e. The third-order valence-corrected chi connectivity index (χ3v) is 6.04. The normalized spacial score (nSPS) is 11.5. The first-order valence-electron chi connectivity index (χ1n) is 10.1. The van der Waals surface area contributed by atoms with Crippen LogP contribution >= 0.6 is 22.6 Å². The van der Waals surface area contributed by atoms with Gasteiger partial charge in [-0.3, -0.25) is 9.36 Å². The second kappa shape index (κ2) is 8.12. The van der Waals surface area contributed by atoms with E-state index in [4.69, 9.17) is 4.98 Å². The lowest BCUT2D eigenvalue weighted by Gasteiger charge is -2.14. The summed E-state index contributed by atoms with van der Waals surface area (Å²) >= 11 is 2.23. The first-order chi connectivity index (χ1) is 15.1. The number of aryl methyl sites for hydroxylation is 1. The Labute approximate surface area is 193 Å². The maximum absolute atomic E-state index is 13.7. The van der Waals surface area contributed by atoms with Crippen molar-refractivity contribution in [1.29, 1.82) is 0 Å². The first kappa shape index (κ1) is 19.7. The lowest BCUT2D eigenvalue weighted by molar-refractivity contribution is 0.951. The van der Waals surface area contributed by atoms with E-state index >= 15 is 0 Å². The number of hydrogen-bond donors (Lipinski definition) is 0. The molecule has 0 aliphatic rings. The van der Waals surface area contributed by atoms with Crippen molar-refractivity contribution in [1.82, 2.24) is 9.55 Å². The minimum absolute atomic E-state index is 0.0663. The number of fused-ring (bicyclic) bond motifs is 2. The summed E-state index contributed by atoms with van der Waals surface area (Å²) in [5.74, 6) is 0.607. The molecule has 0 unspecified atom stereocenters. The molecule has 0 fully saturated rings. The average molecular weight is 514 g/mol. The number of aromatic nitrogens is 2. The van der Waals surface area contributed by atoms with E-state index in [1.165, 1.54) is 5.56 Å². The Morgan fingerprint density at radius 1 is 0.839 bits per heavy atom. The van der Waals surface area contributed by atoms with E-state index in [-0.39, 0.29) is 5.56 Å². The van der Waals surface area contributed by atoms with Crippen LogP contribution < -0.4 is 5.56 Å². The Hall–Kier alpha value is -3.25. The molecule has 0 bridgehead atoms. The molecule has 4 heteroatoms. The van der Waals surface area contributed by atoms with Gasteiger partial charge in [0.2, 0.25) is 0 Å². The maximum atomic E-state index is 13.7. The number of benzene rings is 4. The molecule has 0 saturated heterocycles. The number of nitrogens with zero attached hydrogens (tertiary/aromatic N) is 2. The molecule has 0 aliphatic heterocycles. The van der Waals surface area contributed by atoms with Crippen molar-refractivity contribution in [3.63, 3.8) is 0 Å². The molecule has 0 aliphatic carbocycles. The molecule has 0 radical (unpaired) electrons. The Kier molecular flexibility index (Phi) is 5.16. The average Bonchev–Trinajstić information content (AvgIpc) is 2.79. The number of hydrogen-bond acceptors (Lipinski definition) is 2. The summed E-state index contributed by atoms with van der Waals surface area (Å²) in [4.78, 5) is 18.6. The summed E-state index contributed by atoms with van der Waals surface area (Å²) in [6, 6.07) is 28.2. The first-order valence-corrected chi connectivity index (χ1v) is 11.1. The zero-order valence-electron chi connectivity index (χ0n) is 16.9. The van der Waals surface area contributed by atoms with Crippen LogP contribution in [0.15, 0.2) is 89.7 Å². The second-order valence-corrected chi connectivity index (χ2v) is 8.76. The fourth-order valence-corrected chi connectivity index (χ4v) is 4.26. The van der Waals surface area contributed by atoms with E-state index in [1.807, 2.05) is 60.7 Å². The summed E-state index contributed by atoms with van der Waals surface area (Å²) < 4.78 is 2.74. The third kappa shape index (κ3) is 3.79. The summed E-state index contributed by atoms with van der Waals surface area (Å²) in [6.07, 6.45) is 3.92. The van der Waals surface area contributed by atoms with Crippen molar-refractivity contribution in [3.8, 4) is 5.69 Å². The van der Waals surface area contributed by atoms with Crippen molar-refractivity contribution in [3.05, 3.63) is 116 Å². The van der Waals surface area contributed by atoms with E-state index in [0.717, 1.165) is 25.6 Å². The van der Waals surface area contributed by atoms with Crippen LogP contribution in [-0.2, 0) is 0 Å². The van der Waals surface area contributed by atoms with Crippen LogP contribution in [0.5, 0.6) is 0 Å². The number of halogens is 1. The van der Waals surface area contributed by atoms with Gasteiger partial charge in [-0.05, 0) is 70.8 Å². The van der Waals surface area contributed by atoms with Crippen molar-refractivity contribution < 1.29 is 0 Å². The van der Waals surface area contributed by atoms with Gasteiger partial charge in [-0.1, -0.05) is 72.3 Å². The van der Waals surface area contributed by atoms with Crippen LogP contribution in [0, 0.1) is 10.5 Å². The number of rotatable bonds is 3. The predicted octanol–water partition coefficient (Wildman–Crippen LogP) is 6.62. The van der Waals surface area contributed by atoms with Gasteiger partial charge in [-0.15, -0.1) is 0 Å². The molecule has 1 heterocycles. The molecule has 1 aromatic heterocycles. The van der Waals surface area contributed by atoms with E-state index in [9.17, 15) is 4.79 Å². The van der Waals surface area contributed by atoms with Gasteiger partial charge in [0.15, 0.2) is 0 Å². The zero-order valence-corrected chi connectivity index (χ0v) is 19.1. The molecule has 5 rings (SSSR count). The van der Waals surface area contributed by atoms with Crippen LogP contribution in [-0.4, -0.2) is 9.55 Å². The molecule has 0 amide bonds. The van der Waals surface area contributed by atoms with Crippen LogP contribution in [0.25, 0.3) is 39.5 Å². The van der Waals surface area contributed by atoms with Gasteiger partial charge >= 0.3 is 0 Å². The summed E-state index contributed by atoms with van der Waals surface area (Å²) in [6.45, 7) is 2.07. The summed E-state index contributed by atoms with van der Waals surface area (Å²) in [5, 5.41) is 2.72. The van der Waals surface area contributed by atoms with Crippen molar-refractivity contribution in [2.24, 2.45) is 0 Å². The molecule has 0 N–H and O–H groups in total.